The Labute approximate surface area is 125 Å². The Morgan fingerprint density at radius 1 is 1.19 bits per heavy atom. The van der Waals surface area contributed by atoms with Crippen LogP contribution in [0.2, 0.25) is 0 Å². The van der Waals surface area contributed by atoms with Gasteiger partial charge in [-0.1, -0.05) is 36.4 Å². The maximum Gasteiger partial charge on any atom is 0.220 e. The van der Waals surface area contributed by atoms with E-state index >= 15 is 0 Å². The lowest BCUT2D eigenvalue weighted by Gasteiger charge is -2.30. The van der Waals surface area contributed by atoms with Crippen molar-refractivity contribution in [1.82, 2.24) is 9.88 Å². The summed E-state index contributed by atoms with van der Waals surface area (Å²) < 4.78 is 0. The van der Waals surface area contributed by atoms with Gasteiger partial charge in [-0.3, -0.25) is 9.78 Å². The highest BCUT2D eigenvalue weighted by Gasteiger charge is 2.35. The normalized spacial score (nSPS) is 21.5. The average molecular weight is 280 g/mol. The summed E-state index contributed by atoms with van der Waals surface area (Å²) in [7, 11) is 0. The Balaban J connectivity index is 1.81. The molecule has 3 heteroatoms. The van der Waals surface area contributed by atoms with Crippen molar-refractivity contribution in [3.63, 3.8) is 0 Å². The summed E-state index contributed by atoms with van der Waals surface area (Å²) in [6.45, 7) is 1.68. The summed E-state index contributed by atoms with van der Waals surface area (Å²) in [5.41, 5.74) is 2.43. The number of pyridine rings is 1. The predicted molar refractivity (Wildman–Crippen MR) is 82.7 cm³/mol. The predicted octanol–water partition coefficient (Wildman–Crippen LogP) is 3.38. The molecule has 21 heavy (non-hydrogen) atoms. The van der Waals surface area contributed by atoms with Crippen molar-refractivity contribution < 1.29 is 4.79 Å². The van der Waals surface area contributed by atoms with Crippen LogP contribution < -0.4 is 0 Å². The van der Waals surface area contributed by atoms with Gasteiger partial charge in [-0.05, 0) is 36.5 Å². The third-order valence-electron chi connectivity index (χ3n) is 4.24. The zero-order chi connectivity index (χ0) is 14.7. The number of likely N-dealkylation sites (tertiary alicyclic amines) is 1. The summed E-state index contributed by atoms with van der Waals surface area (Å²) in [6, 6.07) is 14.9. The van der Waals surface area contributed by atoms with Gasteiger partial charge in [0.05, 0.1) is 6.04 Å². The van der Waals surface area contributed by atoms with E-state index in [1.807, 2.05) is 30.5 Å². The van der Waals surface area contributed by atoms with Crippen LogP contribution >= 0.6 is 0 Å². The molecular formula is C18H20N2O. The van der Waals surface area contributed by atoms with Crippen molar-refractivity contribution in [2.24, 2.45) is 0 Å². The largest absolute Gasteiger partial charge is 0.333 e. The molecule has 3 rings (SSSR count). The van der Waals surface area contributed by atoms with Gasteiger partial charge < -0.3 is 4.90 Å². The van der Waals surface area contributed by atoms with Gasteiger partial charge in [0, 0.05) is 25.4 Å². The van der Waals surface area contributed by atoms with Gasteiger partial charge in [0.25, 0.3) is 0 Å². The maximum absolute atomic E-state index is 12.1. The first-order chi connectivity index (χ1) is 10.3. The molecule has 108 valence electrons. The summed E-state index contributed by atoms with van der Waals surface area (Å²) >= 11 is 0. The standard InChI is InChI=1S/C18H20N2O/c1-14(21)20-17(12-15-6-5-11-19-13-15)9-10-18(20)16-7-3-2-4-8-16/h2-8,11,13,17-18H,9-10,12H2,1H3/t17-,18+/m0/s1. The van der Waals surface area contributed by atoms with Gasteiger partial charge in [0.2, 0.25) is 5.91 Å². The average Bonchev–Trinajstić information content (AvgIpc) is 2.93. The number of hydrogen-bond donors (Lipinski definition) is 0. The number of hydrogen-bond acceptors (Lipinski definition) is 2. The topological polar surface area (TPSA) is 33.2 Å². The lowest BCUT2D eigenvalue weighted by atomic mass is 10.0. The van der Waals surface area contributed by atoms with E-state index in [0.717, 1.165) is 19.3 Å². The van der Waals surface area contributed by atoms with E-state index in [4.69, 9.17) is 0 Å². The Hall–Kier alpha value is -2.16. The Morgan fingerprint density at radius 3 is 2.67 bits per heavy atom. The second-order valence-corrected chi connectivity index (χ2v) is 5.65. The van der Waals surface area contributed by atoms with Crippen LogP contribution in [0.1, 0.15) is 36.9 Å². The third kappa shape index (κ3) is 2.97. The van der Waals surface area contributed by atoms with Crippen LogP contribution in [0.15, 0.2) is 54.9 Å². The fourth-order valence-corrected chi connectivity index (χ4v) is 3.35. The van der Waals surface area contributed by atoms with E-state index in [9.17, 15) is 4.79 Å². The lowest BCUT2D eigenvalue weighted by molar-refractivity contribution is -0.131. The smallest absolute Gasteiger partial charge is 0.220 e. The van der Waals surface area contributed by atoms with Crippen LogP contribution in [-0.2, 0) is 11.2 Å². The van der Waals surface area contributed by atoms with Crippen molar-refractivity contribution in [3.05, 3.63) is 66.0 Å². The summed E-state index contributed by atoms with van der Waals surface area (Å²) in [4.78, 5) is 18.4. The van der Waals surface area contributed by atoms with Gasteiger partial charge in [-0.25, -0.2) is 0 Å². The van der Waals surface area contributed by atoms with Crippen LogP contribution in [0.3, 0.4) is 0 Å². The van der Waals surface area contributed by atoms with Crippen molar-refractivity contribution in [1.29, 1.82) is 0 Å². The van der Waals surface area contributed by atoms with Crippen molar-refractivity contribution in [3.8, 4) is 0 Å². The molecule has 0 aliphatic carbocycles. The van der Waals surface area contributed by atoms with E-state index in [1.165, 1.54) is 11.1 Å². The molecule has 0 radical (unpaired) electrons. The number of amides is 1. The number of carbonyl (C=O) groups excluding carboxylic acids is 1. The monoisotopic (exact) mass is 280 g/mol. The second kappa shape index (κ2) is 6.08. The first-order valence-corrected chi connectivity index (χ1v) is 7.48. The van der Waals surface area contributed by atoms with E-state index in [-0.39, 0.29) is 18.0 Å². The molecule has 1 aliphatic rings. The lowest BCUT2D eigenvalue weighted by Crippen LogP contribution is -2.37. The summed E-state index contributed by atoms with van der Waals surface area (Å²) in [5.74, 6) is 0.162. The first-order valence-electron chi connectivity index (χ1n) is 7.48. The van der Waals surface area contributed by atoms with E-state index in [2.05, 4.69) is 28.1 Å². The Morgan fingerprint density at radius 2 is 2.00 bits per heavy atom. The minimum Gasteiger partial charge on any atom is -0.333 e. The van der Waals surface area contributed by atoms with Crippen molar-refractivity contribution in [2.75, 3.05) is 0 Å². The molecule has 0 spiro atoms. The van der Waals surface area contributed by atoms with Gasteiger partial charge in [-0.2, -0.15) is 0 Å². The molecule has 2 atom stereocenters. The molecule has 1 aliphatic heterocycles. The summed E-state index contributed by atoms with van der Waals surface area (Å²) in [5, 5.41) is 0. The highest BCUT2D eigenvalue weighted by Crippen LogP contribution is 2.37. The molecule has 1 fully saturated rings. The molecule has 1 aromatic carbocycles. The molecule has 0 bridgehead atoms. The fraction of sp³-hybridized carbons (Fsp3) is 0.333. The minimum atomic E-state index is 0.162. The van der Waals surface area contributed by atoms with Gasteiger partial charge in [0.15, 0.2) is 0 Å². The molecule has 0 N–H and O–H groups in total. The van der Waals surface area contributed by atoms with Crippen LogP contribution in [0, 0.1) is 0 Å². The number of benzene rings is 1. The van der Waals surface area contributed by atoms with Crippen LogP contribution in [0.5, 0.6) is 0 Å². The van der Waals surface area contributed by atoms with Crippen molar-refractivity contribution >= 4 is 5.91 Å². The Bertz CT molecular complexity index is 597. The zero-order valence-electron chi connectivity index (χ0n) is 12.3. The Kier molecular flexibility index (Phi) is 4.00. The molecule has 3 nitrogen and oxygen atoms in total. The SMILES string of the molecule is CC(=O)N1[C@H](Cc2cccnc2)CC[C@@H]1c1ccccc1. The van der Waals surface area contributed by atoms with Gasteiger partial charge in [0.1, 0.15) is 0 Å². The maximum atomic E-state index is 12.1. The third-order valence-corrected chi connectivity index (χ3v) is 4.24. The first kappa shape index (κ1) is 13.8. The fourth-order valence-electron chi connectivity index (χ4n) is 3.35. The molecule has 2 aromatic rings. The molecule has 1 saturated heterocycles. The molecule has 1 aromatic heterocycles. The van der Waals surface area contributed by atoms with Crippen molar-refractivity contribution in [2.45, 2.75) is 38.3 Å². The number of rotatable bonds is 3. The van der Waals surface area contributed by atoms with Crippen LogP contribution in [0.4, 0.5) is 0 Å². The van der Waals surface area contributed by atoms with E-state index < -0.39 is 0 Å². The molecular weight excluding hydrogens is 260 g/mol. The highest BCUT2D eigenvalue weighted by molar-refractivity contribution is 5.74. The van der Waals surface area contributed by atoms with Gasteiger partial charge >= 0.3 is 0 Å². The molecule has 0 unspecified atom stereocenters. The van der Waals surface area contributed by atoms with E-state index in [1.54, 1.807) is 13.1 Å². The quantitative estimate of drug-likeness (QED) is 0.863. The number of carbonyl (C=O) groups is 1. The molecule has 2 heterocycles. The second-order valence-electron chi connectivity index (χ2n) is 5.65. The van der Waals surface area contributed by atoms with Crippen LogP contribution in [0.25, 0.3) is 0 Å². The zero-order valence-corrected chi connectivity index (χ0v) is 12.3. The summed E-state index contributed by atoms with van der Waals surface area (Å²) in [6.07, 6.45) is 6.65. The molecule has 0 saturated carbocycles. The van der Waals surface area contributed by atoms with Gasteiger partial charge in [-0.15, -0.1) is 0 Å². The highest BCUT2D eigenvalue weighted by atomic mass is 16.2. The molecule has 1 amide bonds. The number of nitrogens with zero attached hydrogens (tertiary/aromatic N) is 2. The number of aromatic nitrogens is 1. The van der Waals surface area contributed by atoms with Crippen LogP contribution in [-0.4, -0.2) is 21.8 Å². The van der Waals surface area contributed by atoms with E-state index in [0.29, 0.717) is 0 Å². The minimum absolute atomic E-state index is 0.162.